The van der Waals surface area contributed by atoms with Crippen molar-refractivity contribution in [3.63, 3.8) is 0 Å². The molecule has 1 fully saturated rings. The lowest BCUT2D eigenvalue weighted by molar-refractivity contribution is 0.596. The molecule has 3 rings (SSSR count). The number of rotatable bonds is 3. The molecule has 2 N–H and O–H groups in total. The molecule has 0 aliphatic heterocycles. The SMILES string of the molecule is Cn1c(CCC2(N)CC2)cc2cccc(Br)c21. The van der Waals surface area contributed by atoms with E-state index in [2.05, 4.69) is 51.8 Å². The van der Waals surface area contributed by atoms with Crippen LogP contribution in [0.15, 0.2) is 28.7 Å². The lowest BCUT2D eigenvalue weighted by Gasteiger charge is -2.09. The fourth-order valence-corrected chi connectivity index (χ4v) is 3.10. The van der Waals surface area contributed by atoms with Crippen molar-refractivity contribution in [3.05, 3.63) is 34.4 Å². The minimum atomic E-state index is 0.147. The van der Waals surface area contributed by atoms with Crippen LogP contribution in [0.1, 0.15) is 25.0 Å². The zero-order chi connectivity index (χ0) is 12.0. The van der Waals surface area contributed by atoms with Gasteiger partial charge in [-0.1, -0.05) is 12.1 Å². The summed E-state index contributed by atoms with van der Waals surface area (Å²) in [7, 11) is 2.14. The molecule has 3 heteroatoms. The average molecular weight is 293 g/mol. The Morgan fingerprint density at radius 2 is 2.18 bits per heavy atom. The second-order valence-electron chi connectivity index (χ2n) is 5.23. The van der Waals surface area contributed by atoms with E-state index in [0.29, 0.717) is 0 Å². The molecular formula is C14H17BrN2. The first-order valence-electron chi connectivity index (χ1n) is 6.11. The molecular weight excluding hydrogens is 276 g/mol. The fourth-order valence-electron chi connectivity index (χ4n) is 2.45. The number of fused-ring (bicyclic) bond motifs is 1. The third kappa shape index (κ3) is 2.02. The molecule has 0 spiro atoms. The first-order valence-corrected chi connectivity index (χ1v) is 6.90. The molecule has 2 nitrogen and oxygen atoms in total. The van der Waals surface area contributed by atoms with Gasteiger partial charge in [-0.15, -0.1) is 0 Å². The van der Waals surface area contributed by atoms with Crippen molar-refractivity contribution in [3.8, 4) is 0 Å². The summed E-state index contributed by atoms with van der Waals surface area (Å²) in [4.78, 5) is 0. The molecule has 1 heterocycles. The van der Waals surface area contributed by atoms with Gasteiger partial charge in [0.25, 0.3) is 0 Å². The Morgan fingerprint density at radius 3 is 2.82 bits per heavy atom. The summed E-state index contributed by atoms with van der Waals surface area (Å²) in [5.41, 5.74) is 8.96. The summed E-state index contributed by atoms with van der Waals surface area (Å²) < 4.78 is 3.45. The van der Waals surface area contributed by atoms with Gasteiger partial charge >= 0.3 is 0 Å². The van der Waals surface area contributed by atoms with Gasteiger partial charge < -0.3 is 10.3 Å². The molecule has 1 aromatic carbocycles. The number of hydrogen-bond acceptors (Lipinski definition) is 1. The highest BCUT2D eigenvalue weighted by atomic mass is 79.9. The van der Waals surface area contributed by atoms with Crippen LogP contribution in [0, 0.1) is 0 Å². The molecule has 1 aliphatic rings. The Kier molecular flexibility index (Phi) is 2.56. The van der Waals surface area contributed by atoms with Gasteiger partial charge in [0.15, 0.2) is 0 Å². The van der Waals surface area contributed by atoms with Crippen molar-refractivity contribution in [2.24, 2.45) is 12.8 Å². The van der Waals surface area contributed by atoms with E-state index in [1.54, 1.807) is 0 Å². The van der Waals surface area contributed by atoms with Crippen molar-refractivity contribution in [1.82, 2.24) is 4.57 Å². The highest BCUT2D eigenvalue weighted by Crippen LogP contribution is 2.37. The van der Waals surface area contributed by atoms with Crippen LogP contribution in [0.3, 0.4) is 0 Å². The lowest BCUT2D eigenvalue weighted by Crippen LogP contribution is -2.22. The van der Waals surface area contributed by atoms with Crippen LogP contribution < -0.4 is 5.73 Å². The van der Waals surface area contributed by atoms with Gasteiger partial charge in [0.2, 0.25) is 0 Å². The molecule has 0 atom stereocenters. The van der Waals surface area contributed by atoms with E-state index >= 15 is 0 Å². The third-order valence-electron chi connectivity index (χ3n) is 3.88. The Labute approximate surface area is 110 Å². The molecule has 1 saturated carbocycles. The average Bonchev–Trinajstić information content (AvgIpc) is 2.93. The number of nitrogens with zero attached hydrogens (tertiary/aromatic N) is 1. The molecule has 0 radical (unpaired) electrons. The van der Waals surface area contributed by atoms with Gasteiger partial charge in [0.05, 0.1) is 5.52 Å². The van der Waals surface area contributed by atoms with Gasteiger partial charge in [-0.05, 0) is 53.7 Å². The second kappa shape index (κ2) is 3.85. The summed E-state index contributed by atoms with van der Waals surface area (Å²) in [6.45, 7) is 0. The predicted molar refractivity (Wildman–Crippen MR) is 75.1 cm³/mol. The molecule has 1 aliphatic carbocycles. The smallest absolute Gasteiger partial charge is 0.0624 e. The molecule has 0 unspecified atom stereocenters. The standard InChI is InChI=1S/C14H17BrN2/c1-17-11(5-6-14(16)7-8-14)9-10-3-2-4-12(15)13(10)17/h2-4,9H,5-8,16H2,1H3. The quantitative estimate of drug-likeness (QED) is 0.924. The Hall–Kier alpha value is -0.800. The van der Waals surface area contributed by atoms with E-state index in [0.717, 1.165) is 17.3 Å². The number of aryl methyl sites for hydroxylation is 2. The number of nitrogens with two attached hydrogens (primary N) is 1. The molecule has 0 bridgehead atoms. The van der Waals surface area contributed by atoms with Crippen LogP contribution in [-0.2, 0) is 13.5 Å². The van der Waals surface area contributed by atoms with Crippen LogP contribution >= 0.6 is 15.9 Å². The number of hydrogen-bond donors (Lipinski definition) is 1. The maximum atomic E-state index is 6.15. The highest BCUT2D eigenvalue weighted by molar-refractivity contribution is 9.10. The molecule has 90 valence electrons. The zero-order valence-electron chi connectivity index (χ0n) is 10.0. The number of halogens is 1. The van der Waals surface area contributed by atoms with Gasteiger partial charge in [0, 0.05) is 28.1 Å². The Bertz CT molecular complexity index is 567. The Morgan fingerprint density at radius 1 is 1.41 bits per heavy atom. The fraction of sp³-hybridized carbons (Fsp3) is 0.429. The van der Waals surface area contributed by atoms with Gasteiger partial charge in [-0.25, -0.2) is 0 Å². The van der Waals surface area contributed by atoms with Gasteiger partial charge in [-0.3, -0.25) is 0 Å². The van der Waals surface area contributed by atoms with Crippen molar-refractivity contribution >= 4 is 26.8 Å². The molecule has 2 aromatic rings. The second-order valence-corrected chi connectivity index (χ2v) is 6.09. The first kappa shape index (κ1) is 11.3. The van der Waals surface area contributed by atoms with E-state index in [-0.39, 0.29) is 5.54 Å². The van der Waals surface area contributed by atoms with Gasteiger partial charge in [0.1, 0.15) is 0 Å². The van der Waals surface area contributed by atoms with Crippen molar-refractivity contribution in [2.75, 3.05) is 0 Å². The highest BCUT2D eigenvalue weighted by Gasteiger charge is 2.37. The monoisotopic (exact) mass is 292 g/mol. The first-order chi connectivity index (χ1) is 8.09. The van der Waals surface area contributed by atoms with Gasteiger partial charge in [-0.2, -0.15) is 0 Å². The van der Waals surface area contributed by atoms with Crippen LogP contribution in [0.5, 0.6) is 0 Å². The normalized spacial score (nSPS) is 17.6. The summed E-state index contributed by atoms with van der Waals surface area (Å²) in [6.07, 6.45) is 4.57. The minimum Gasteiger partial charge on any atom is -0.347 e. The van der Waals surface area contributed by atoms with Crippen molar-refractivity contribution in [2.45, 2.75) is 31.2 Å². The van der Waals surface area contributed by atoms with E-state index in [1.165, 1.54) is 29.4 Å². The summed E-state index contributed by atoms with van der Waals surface area (Å²) in [6, 6.07) is 8.63. The van der Waals surface area contributed by atoms with Crippen molar-refractivity contribution in [1.29, 1.82) is 0 Å². The lowest BCUT2D eigenvalue weighted by atomic mass is 10.1. The van der Waals surface area contributed by atoms with Crippen LogP contribution in [-0.4, -0.2) is 10.1 Å². The summed E-state index contributed by atoms with van der Waals surface area (Å²) in [5, 5.41) is 1.30. The maximum Gasteiger partial charge on any atom is 0.0624 e. The number of aromatic nitrogens is 1. The largest absolute Gasteiger partial charge is 0.347 e. The Balaban J connectivity index is 1.94. The summed E-state index contributed by atoms with van der Waals surface area (Å²) >= 11 is 3.62. The van der Waals surface area contributed by atoms with Crippen LogP contribution in [0.4, 0.5) is 0 Å². The van der Waals surface area contributed by atoms with E-state index < -0.39 is 0 Å². The van der Waals surface area contributed by atoms with E-state index in [1.807, 2.05) is 0 Å². The summed E-state index contributed by atoms with van der Waals surface area (Å²) in [5.74, 6) is 0. The minimum absolute atomic E-state index is 0.147. The number of benzene rings is 1. The molecule has 0 amide bonds. The van der Waals surface area contributed by atoms with Crippen LogP contribution in [0.2, 0.25) is 0 Å². The third-order valence-corrected chi connectivity index (χ3v) is 4.52. The number of para-hydroxylation sites is 1. The van der Waals surface area contributed by atoms with E-state index in [4.69, 9.17) is 5.73 Å². The molecule has 0 saturated heterocycles. The predicted octanol–water partition coefficient (Wildman–Crippen LogP) is 3.36. The van der Waals surface area contributed by atoms with E-state index in [9.17, 15) is 0 Å². The maximum absolute atomic E-state index is 6.15. The zero-order valence-corrected chi connectivity index (χ0v) is 11.6. The topological polar surface area (TPSA) is 30.9 Å². The van der Waals surface area contributed by atoms with Crippen LogP contribution in [0.25, 0.3) is 10.9 Å². The molecule has 1 aromatic heterocycles. The molecule has 17 heavy (non-hydrogen) atoms. The van der Waals surface area contributed by atoms with Crippen molar-refractivity contribution < 1.29 is 0 Å².